The second-order valence-electron chi connectivity index (χ2n) is 6.78. The SMILES string of the molecule is CNCC(CC1CCCCC1)NC(=O)N1CCCCC1C#N. The summed E-state index contributed by atoms with van der Waals surface area (Å²) in [6.07, 6.45) is 10.5. The summed E-state index contributed by atoms with van der Waals surface area (Å²) < 4.78 is 0. The summed E-state index contributed by atoms with van der Waals surface area (Å²) in [6, 6.07) is 2.13. The van der Waals surface area contributed by atoms with Crippen molar-refractivity contribution in [3.8, 4) is 6.07 Å². The first-order valence-electron chi connectivity index (χ1n) is 8.86. The molecule has 2 aliphatic rings. The van der Waals surface area contributed by atoms with Gasteiger partial charge in [0.2, 0.25) is 0 Å². The molecule has 1 saturated heterocycles. The van der Waals surface area contributed by atoms with Crippen LogP contribution in [0.3, 0.4) is 0 Å². The first kappa shape index (κ1) is 17.1. The van der Waals surface area contributed by atoms with Gasteiger partial charge in [-0.2, -0.15) is 5.26 Å². The number of piperidine rings is 1. The molecule has 1 aliphatic carbocycles. The predicted octanol–water partition coefficient (Wildman–Crippen LogP) is 2.63. The number of carbonyl (C=O) groups is 1. The van der Waals surface area contributed by atoms with E-state index in [-0.39, 0.29) is 18.1 Å². The molecule has 0 aromatic rings. The highest BCUT2D eigenvalue weighted by atomic mass is 16.2. The van der Waals surface area contributed by atoms with Crippen LogP contribution in [0.25, 0.3) is 0 Å². The lowest BCUT2D eigenvalue weighted by atomic mass is 9.85. The van der Waals surface area contributed by atoms with Crippen LogP contribution in [0, 0.1) is 17.2 Å². The molecule has 2 N–H and O–H groups in total. The molecule has 2 rings (SSSR count). The van der Waals surface area contributed by atoms with E-state index in [2.05, 4.69) is 16.7 Å². The van der Waals surface area contributed by atoms with Crippen molar-refractivity contribution in [1.82, 2.24) is 15.5 Å². The highest BCUT2D eigenvalue weighted by molar-refractivity contribution is 5.75. The Morgan fingerprint density at radius 3 is 2.64 bits per heavy atom. The van der Waals surface area contributed by atoms with E-state index in [0.29, 0.717) is 6.54 Å². The molecule has 2 fully saturated rings. The third kappa shape index (κ3) is 4.88. The molecule has 0 aromatic carbocycles. The van der Waals surface area contributed by atoms with Crippen molar-refractivity contribution in [2.45, 2.75) is 69.9 Å². The zero-order chi connectivity index (χ0) is 15.8. The highest BCUT2D eigenvalue weighted by Gasteiger charge is 2.28. The van der Waals surface area contributed by atoms with Crippen LogP contribution >= 0.6 is 0 Å². The predicted molar refractivity (Wildman–Crippen MR) is 87.4 cm³/mol. The van der Waals surface area contributed by atoms with E-state index < -0.39 is 0 Å². The van der Waals surface area contributed by atoms with Crippen LogP contribution in [0.1, 0.15) is 57.8 Å². The Balaban J connectivity index is 1.88. The number of nitrogens with one attached hydrogen (secondary N) is 2. The van der Waals surface area contributed by atoms with Gasteiger partial charge in [-0.05, 0) is 38.6 Å². The second kappa shape index (κ2) is 8.99. The van der Waals surface area contributed by atoms with Crippen LogP contribution in [0.2, 0.25) is 0 Å². The molecule has 5 heteroatoms. The van der Waals surface area contributed by atoms with Gasteiger partial charge in [-0.1, -0.05) is 32.1 Å². The number of urea groups is 1. The Morgan fingerprint density at radius 1 is 1.23 bits per heavy atom. The summed E-state index contributed by atoms with van der Waals surface area (Å²) in [7, 11) is 1.93. The Bertz CT molecular complexity index is 387. The van der Waals surface area contributed by atoms with Crippen LogP contribution in [-0.4, -0.2) is 43.2 Å². The fourth-order valence-corrected chi connectivity index (χ4v) is 3.83. The fraction of sp³-hybridized carbons (Fsp3) is 0.882. The van der Waals surface area contributed by atoms with Crippen molar-refractivity contribution in [1.29, 1.82) is 5.26 Å². The summed E-state index contributed by atoms with van der Waals surface area (Å²) >= 11 is 0. The minimum absolute atomic E-state index is 0.0534. The normalized spacial score (nSPS) is 24.5. The average molecular weight is 306 g/mol. The van der Waals surface area contributed by atoms with Crippen LogP contribution in [0.4, 0.5) is 4.79 Å². The summed E-state index contributed by atoms with van der Waals surface area (Å²) in [5.41, 5.74) is 0. The quantitative estimate of drug-likeness (QED) is 0.820. The van der Waals surface area contributed by atoms with Gasteiger partial charge in [0, 0.05) is 19.1 Å². The van der Waals surface area contributed by atoms with E-state index in [1.807, 2.05) is 7.05 Å². The Morgan fingerprint density at radius 2 is 1.95 bits per heavy atom. The lowest BCUT2D eigenvalue weighted by Crippen LogP contribution is -2.53. The van der Waals surface area contributed by atoms with Crippen LogP contribution in [0.5, 0.6) is 0 Å². The first-order valence-corrected chi connectivity index (χ1v) is 8.86. The number of hydrogen-bond acceptors (Lipinski definition) is 3. The second-order valence-corrected chi connectivity index (χ2v) is 6.78. The molecule has 1 heterocycles. The maximum Gasteiger partial charge on any atom is 0.318 e. The van der Waals surface area contributed by atoms with Gasteiger partial charge in [0.15, 0.2) is 0 Å². The number of hydrogen-bond donors (Lipinski definition) is 2. The Hall–Kier alpha value is -1.28. The van der Waals surface area contributed by atoms with Crippen molar-refractivity contribution in [3.63, 3.8) is 0 Å². The Kier molecular flexibility index (Phi) is 6.98. The average Bonchev–Trinajstić information content (AvgIpc) is 2.56. The molecule has 2 amide bonds. The summed E-state index contributed by atoms with van der Waals surface area (Å²) in [5, 5.41) is 15.6. The summed E-state index contributed by atoms with van der Waals surface area (Å²) in [5.74, 6) is 0.737. The molecule has 5 nitrogen and oxygen atoms in total. The van der Waals surface area contributed by atoms with E-state index in [1.54, 1.807) is 4.90 Å². The monoisotopic (exact) mass is 306 g/mol. The number of rotatable bonds is 5. The number of nitrogens with zero attached hydrogens (tertiary/aromatic N) is 2. The molecule has 0 radical (unpaired) electrons. The molecular formula is C17H30N4O. The molecule has 2 unspecified atom stereocenters. The fourth-order valence-electron chi connectivity index (χ4n) is 3.83. The van der Waals surface area contributed by atoms with Crippen LogP contribution in [0.15, 0.2) is 0 Å². The van der Waals surface area contributed by atoms with Gasteiger partial charge in [0.05, 0.1) is 6.07 Å². The lowest BCUT2D eigenvalue weighted by molar-refractivity contribution is 0.163. The van der Waals surface area contributed by atoms with Crippen molar-refractivity contribution in [3.05, 3.63) is 0 Å². The summed E-state index contributed by atoms with van der Waals surface area (Å²) in [6.45, 7) is 1.51. The molecule has 1 aliphatic heterocycles. The van der Waals surface area contributed by atoms with E-state index in [1.165, 1.54) is 32.1 Å². The van der Waals surface area contributed by atoms with Gasteiger partial charge in [0.1, 0.15) is 6.04 Å². The molecule has 124 valence electrons. The molecular weight excluding hydrogens is 276 g/mol. The zero-order valence-corrected chi connectivity index (χ0v) is 13.8. The highest BCUT2D eigenvalue weighted by Crippen LogP contribution is 2.27. The van der Waals surface area contributed by atoms with E-state index in [9.17, 15) is 10.1 Å². The minimum atomic E-state index is -0.251. The van der Waals surface area contributed by atoms with E-state index in [4.69, 9.17) is 0 Å². The van der Waals surface area contributed by atoms with E-state index >= 15 is 0 Å². The lowest BCUT2D eigenvalue weighted by Gasteiger charge is -2.34. The number of likely N-dealkylation sites (N-methyl/N-ethyl adjacent to an activating group) is 1. The van der Waals surface area contributed by atoms with Crippen LogP contribution in [-0.2, 0) is 0 Å². The molecule has 0 bridgehead atoms. The van der Waals surface area contributed by atoms with Crippen molar-refractivity contribution in [2.24, 2.45) is 5.92 Å². The third-order valence-corrected chi connectivity index (χ3v) is 5.03. The van der Waals surface area contributed by atoms with Crippen LogP contribution < -0.4 is 10.6 Å². The molecule has 0 aromatic heterocycles. The number of carbonyl (C=O) groups excluding carboxylic acids is 1. The number of likely N-dealkylation sites (tertiary alicyclic amines) is 1. The topological polar surface area (TPSA) is 68.2 Å². The van der Waals surface area contributed by atoms with Gasteiger partial charge in [-0.3, -0.25) is 0 Å². The van der Waals surface area contributed by atoms with Gasteiger partial charge in [0.25, 0.3) is 0 Å². The molecule has 2 atom stereocenters. The maximum atomic E-state index is 12.5. The minimum Gasteiger partial charge on any atom is -0.334 e. The molecule has 22 heavy (non-hydrogen) atoms. The number of nitriles is 1. The Labute approximate surface area is 134 Å². The van der Waals surface area contributed by atoms with Gasteiger partial charge >= 0.3 is 6.03 Å². The van der Waals surface area contributed by atoms with E-state index in [0.717, 1.165) is 38.1 Å². The zero-order valence-electron chi connectivity index (χ0n) is 13.8. The van der Waals surface area contributed by atoms with Gasteiger partial charge < -0.3 is 15.5 Å². The largest absolute Gasteiger partial charge is 0.334 e. The summed E-state index contributed by atoms with van der Waals surface area (Å²) in [4.78, 5) is 14.3. The molecule has 0 spiro atoms. The van der Waals surface area contributed by atoms with Gasteiger partial charge in [-0.25, -0.2) is 4.79 Å². The van der Waals surface area contributed by atoms with Gasteiger partial charge in [-0.15, -0.1) is 0 Å². The first-order chi connectivity index (χ1) is 10.7. The smallest absolute Gasteiger partial charge is 0.318 e. The maximum absolute atomic E-state index is 12.5. The molecule has 1 saturated carbocycles. The van der Waals surface area contributed by atoms with Crippen molar-refractivity contribution in [2.75, 3.05) is 20.1 Å². The standard InChI is InChI=1S/C17H30N4O/c1-19-13-15(11-14-7-3-2-4-8-14)20-17(22)21-10-6-5-9-16(21)12-18/h14-16,19H,2-11,13H2,1H3,(H,20,22). The van der Waals surface area contributed by atoms with Crippen molar-refractivity contribution >= 4 is 6.03 Å². The van der Waals surface area contributed by atoms with Crippen molar-refractivity contribution < 1.29 is 4.79 Å². The number of amides is 2. The third-order valence-electron chi connectivity index (χ3n) is 5.03.